The number of aryl methyl sites for hydroxylation is 2. The van der Waals surface area contributed by atoms with Gasteiger partial charge < -0.3 is 19.3 Å². The Labute approximate surface area is 261 Å². The summed E-state index contributed by atoms with van der Waals surface area (Å²) in [7, 11) is 0. The van der Waals surface area contributed by atoms with Crippen molar-refractivity contribution in [3.8, 4) is 5.88 Å². The standard InChI is InChI=1S/C36H47N3O3S/c1-23-20-24(2)37-34(41-22-28-12-10-9-11-13-28)30(23)21-39-19-16-31-32(27(39)5)26(4)33(43-31)25(3)29-14-17-38(18-15-29)35(40)42-36(6,7)8/h9-13,20,25,29H,5,14-19,21-22H2,1-4,6-8H3/t25-/m1/s1. The number of hydrogen-bond acceptors (Lipinski definition) is 6. The van der Waals surface area contributed by atoms with Crippen LogP contribution in [0.1, 0.15) is 89.7 Å². The largest absolute Gasteiger partial charge is 0.473 e. The maximum Gasteiger partial charge on any atom is 0.410 e. The van der Waals surface area contributed by atoms with Gasteiger partial charge in [0, 0.05) is 58.5 Å². The van der Waals surface area contributed by atoms with Gasteiger partial charge >= 0.3 is 6.09 Å². The molecule has 3 aromatic rings. The average molecular weight is 602 g/mol. The number of fused-ring (bicyclic) bond motifs is 1. The Bertz CT molecular complexity index is 1470. The zero-order valence-electron chi connectivity index (χ0n) is 27.0. The number of aromatic nitrogens is 1. The molecule has 2 aliphatic heterocycles. The first kappa shape index (κ1) is 31.1. The third-order valence-corrected chi connectivity index (χ3v) is 10.4. The molecule has 5 rings (SSSR count). The van der Waals surface area contributed by atoms with E-state index in [9.17, 15) is 4.79 Å². The number of piperidine rings is 1. The van der Waals surface area contributed by atoms with E-state index in [1.54, 1.807) is 0 Å². The van der Waals surface area contributed by atoms with E-state index in [0.717, 1.165) is 68.0 Å². The number of amides is 1. The summed E-state index contributed by atoms with van der Waals surface area (Å²) >= 11 is 1.97. The summed E-state index contributed by atoms with van der Waals surface area (Å²) < 4.78 is 11.9. The first-order valence-corrected chi connectivity index (χ1v) is 16.4. The molecule has 230 valence electrons. The second-order valence-electron chi connectivity index (χ2n) is 13.2. The second kappa shape index (κ2) is 12.7. The molecule has 0 saturated carbocycles. The maximum absolute atomic E-state index is 12.6. The van der Waals surface area contributed by atoms with Gasteiger partial charge in [-0.3, -0.25) is 0 Å². The fourth-order valence-electron chi connectivity index (χ4n) is 6.46. The Morgan fingerprint density at radius 2 is 1.81 bits per heavy atom. The van der Waals surface area contributed by atoms with Gasteiger partial charge in [0.1, 0.15) is 12.2 Å². The number of likely N-dealkylation sites (tertiary alicyclic amines) is 1. The number of rotatable bonds is 7. The van der Waals surface area contributed by atoms with Crippen LogP contribution in [0.3, 0.4) is 0 Å². The smallest absolute Gasteiger partial charge is 0.410 e. The van der Waals surface area contributed by atoms with Crippen molar-refractivity contribution in [2.45, 2.75) is 92.4 Å². The van der Waals surface area contributed by atoms with Crippen molar-refractivity contribution in [2.24, 2.45) is 5.92 Å². The topological polar surface area (TPSA) is 54.9 Å². The third kappa shape index (κ3) is 7.09. The zero-order chi connectivity index (χ0) is 30.9. The minimum atomic E-state index is -0.462. The lowest BCUT2D eigenvalue weighted by molar-refractivity contribution is 0.0176. The minimum Gasteiger partial charge on any atom is -0.473 e. The Hall–Kier alpha value is -3.32. The predicted octanol–water partition coefficient (Wildman–Crippen LogP) is 8.43. The van der Waals surface area contributed by atoms with Crippen LogP contribution in [-0.2, 0) is 24.3 Å². The molecule has 7 heteroatoms. The van der Waals surface area contributed by atoms with E-state index in [-0.39, 0.29) is 6.09 Å². The summed E-state index contributed by atoms with van der Waals surface area (Å²) in [5.74, 6) is 1.71. The number of carbonyl (C=O) groups is 1. The molecular weight excluding hydrogens is 554 g/mol. The van der Waals surface area contributed by atoms with Crippen LogP contribution in [0.4, 0.5) is 4.79 Å². The molecule has 0 radical (unpaired) electrons. The lowest BCUT2D eigenvalue weighted by Gasteiger charge is -2.35. The molecular formula is C36H47N3O3S. The van der Waals surface area contributed by atoms with Crippen molar-refractivity contribution in [2.75, 3.05) is 19.6 Å². The Morgan fingerprint density at radius 3 is 2.49 bits per heavy atom. The van der Waals surface area contributed by atoms with Gasteiger partial charge in [-0.05, 0) is 95.4 Å². The number of ether oxygens (including phenoxy) is 2. The van der Waals surface area contributed by atoms with Crippen molar-refractivity contribution in [3.05, 3.63) is 86.2 Å². The van der Waals surface area contributed by atoms with Crippen molar-refractivity contribution >= 4 is 23.1 Å². The summed E-state index contributed by atoms with van der Waals surface area (Å²) in [5.41, 5.74) is 7.76. The number of carbonyl (C=O) groups excluding carboxylic acids is 1. The van der Waals surface area contributed by atoms with Crippen LogP contribution in [0.15, 0.2) is 43.0 Å². The highest BCUT2D eigenvalue weighted by Crippen LogP contribution is 2.45. The highest BCUT2D eigenvalue weighted by Gasteiger charge is 2.33. The van der Waals surface area contributed by atoms with Crippen LogP contribution in [0, 0.1) is 26.7 Å². The summed E-state index contributed by atoms with van der Waals surface area (Å²) in [6.07, 6.45) is 2.83. The van der Waals surface area contributed by atoms with Gasteiger partial charge in [-0.25, -0.2) is 9.78 Å². The fourth-order valence-corrected chi connectivity index (χ4v) is 7.93. The molecule has 0 spiro atoms. The molecule has 1 fully saturated rings. The van der Waals surface area contributed by atoms with Crippen molar-refractivity contribution in [1.29, 1.82) is 0 Å². The summed E-state index contributed by atoms with van der Waals surface area (Å²) in [4.78, 5) is 24.6. The van der Waals surface area contributed by atoms with Crippen LogP contribution in [-0.4, -0.2) is 46.1 Å². The van der Waals surface area contributed by atoms with Crippen LogP contribution in [0.5, 0.6) is 5.88 Å². The van der Waals surface area contributed by atoms with Crippen LogP contribution >= 0.6 is 11.3 Å². The summed E-state index contributed by atoms with van der Waals surface area (Å²) in [5, 5.41) is 0. The minimum absolute atomic E-state index is 0.189. The molecule has 1 saturated heterocycles. The third-order valence-electron chi connectivity index (χ3n) is 8.85. The molecule has 6 nitrogen and oxygen atoms in total. The van der Waals surface area contributed by atoms with E-state index < -0.39 is 5.60 Å². The molecule has 0 bridgehead atoms. The van der Waals surface area contributed by atoms with Gasteiger partial charge in [0.25, 0.3) is 0 Å². The molecule has 0 N–H and O–H groups in total. The van der Waals surface area contributed by atoms with Crippen molar-refractivity contribution < 1.29 is 14.3 Å². The molecule has 4 heterocycles. The van der Waals surface area contributed by atoms with Crippen LogP contribution in [0.2, 0.25) is 0 Å². The van der Waals surface area contributed by atoms with Gasteiger partial charge in [-0.1, -0.05) is 43.8 Å². The highest BCUT2D eigenvalue weighted by molar-refractivity contribution is 7.12. The fraction of sp³-hybridized carbons (Fsp3) is 0.500. The van der Waals surface area contributed by atoms with E-state index >= 15 is 0 Å². The zero-order valence-corrected chi connectivity index (χ0v) is 27.8. The first-order valence-electron chi connectivity index (χ1n) is 15.6. The summed E-state index contributed by atoms with van der Waals surface area (Å²) in [6, 6.07) is 12.4. The van der Waals surface area contributed by atoms with Gasteiger partial charge in [0.2, 0.25) is 5.88 Å². The van der Waals surface area contributed by atoms with Crippen molar-refractivity contribution in [3.63, 3.8) is 0 Å². The van der Waals surface area contributed by atoms with E-state index in [1.165, 1.54) is 26.4 Å². The second-order valence-corrected chi connectivity index (χ2v) is 14.4. The Balaban J connectivity index is 1.28. The normalized spacial score (nSPS) is 16.7. The lowest BCUT2D eigenvalue weighted by atomic mass is 9.83. The molecule has 0 unspecified atom stereocenters. The molecule has 1 atom stereocenters. The predicted molar refractivity (Wildman–Crippen MR) is 176 cm³/mol. The number of hydrogen-bond donors (Lipinski definition) is 0. The molecule has 2 aliphatic rings. The molecule has 1 amide bonds. The van der Waals surface area contributed by atoms with E-state index in [1.807, 2.05) is 62.1 Å². The van der Waals surface area contributed by atoms with Gasteiger partial charge in [0.15, 0.2) is 0 Å². The number of thiophene rings is 1. The lowest BCUT2D eigenvalue weighted by Crippen LogP contribution is -2.42. The molecule has 0 aliphatic carbocycles. The molecule has 1 aromatic carbocycles. The van der Waals surface area contributed by atoms with Crippen LogP contribution in [0.25, 0.3) is 5.70 Å². The summed E-state index contributed by atoms with van der Waals surface area (Å²) in [6.45, 7) is 22.9. The monoisotopic (exact) mass is 601 g/mol. The van der Waals surface area contributed by atoms with Crippen molar-refractivity contribution in [1.82, 2.24) is 14.8 Å². The number of benzene rings is 1. The van der Waals surface area contributed by atoms with E-state index in [2.05, 4.69) is 50.4 Å². The quantitative estimate of drug-likeness (QED) is 0.272. The van der Waals surface area contributed by atoms with E-state index in [4.69, 9.17) is 14.5 Å². The first-order chi connectivity index (χ1) is 20.4. The van der Waals surface area contributed by atoms with Crippen LogP contribution < -0.4 is 4.74 Å². The van der Waals surface area contributed by atoms with Gasteiger partial charge in [-0.2, -0.15) is 0 Å². The van der Waals surface area contributed by atoms with E-state index in [0.29, 0.717) is 24.3 Å². The number of pyridine rings is 1. The maximum atomic E-state index is 12.6. The molecule has 43 heavy (non-hydrogen) atoms. The highest BCUT2D eigenvalue weighted by atomic mass is 32.1. The average Bonchev–Trinajstić information content (AvgIpc) is 3.30. The Kier molecular flexibility index (Phi) is 9.21. The SMILES string of the molecule is C=C1c2c(sc([C@H](C)C3CCN(C(=O)OC(C)(C)C)CC3)c2C)CCN1Cc1c(C)cc(C)nc1OCc1ccccc1. The van der Waals surface area contributed by atoms with Gasteiger partial charge in [-0.15, -0.1) is 11.3 Å². The Morgan fingerprint density at radius 1 is 1.12 bits per heavy atom. The molecule has 2 aromatic heterocycles. The van der Waals surface area contributed by atoms with Gasteiger partial charge in [0.05, 0.1) is 0 Å². The number of nitrogens with zero attached hydrogens (tertiary/aromatic N) is 3.